The van der Waals surface area contributed by atoms with Crippen molar-refractivity contribution in [2.75, 3.05) is 17.9 Å². The summed E-state index contributed by atoms with van der Waals surface area (Å²) in [4.78, 5) is 25.7. The SMILES string of the molecule is CC(C)c1cc(Br)ccc1NC(=O)CSc1nnc(C(NC(=O)c2ccc3c(c2)OCO3)C(C)C)n1C. The summed E-state index contributed by atoms with van der Waals surface area (Å²) < 4.78 is 13.5. The molecule has 9 nitrogen and oxygen atoms in total. The Hall–Kier alpha value is -3.05. The average Bonchev–Trinajstić information content (AvgIpc) is 3.47. The van der Waals surface area contributed by atoms with Gasteiger partial charge in [0.1, 0.15) is 0 Å². The highest BCUT2D eigenvalue weighted by atomic mass is 79.9. The Labute approximate surface area is 228 Å². The van der Waals surface area contributed by atoms with Crippen LogP contribution in [0.5, 0.6) is 11.5 Å². The normalized spacial score (nSPS) is 13.2. The van der Waals surface area contributed by atoms with Crippen LogP contribution in [0.2, 0.25) is 0 Å². The molecule has 196 valence electrons. The van der Waals surface area contributed by atoms with E-state index in [-0.39, 0.29) is 42.2 Å². The quantitative estimate of drug-likeness (QED) is 0.327. The van der Waals surface area contributed by atoms with Crippen LogP contribution in [0.1, 0.15) is 61.4 Å². The molecule has 0 spiro atoms. The Bertz CT molecular complexity index is 1310. The topological polar surface area (TPSA) is 107 Å². The van der Waals surface area contributed by atoms with Crippen LogP contribution in [0.3, 0.4) is 0 Å². The molecule has 1 unspecified atom stereocenters. The van der Waals surface area contributed by atoms with E-state index in [4.69, 9.17) is 9.47 Å². The first-order valence-corrected chi connectivity index (χ1v) is 13.7. The van der Waals surface area contributed by atoms with E-state index < -0.39 is 0 Å². The summed E-state index contributed by atoms with van der Waals surface area (Å²) in [5.74, 6) is 1.90. The van der Waals surface area contributed by atoms with Crippen molar-refractivity contribution < 1.29 is 19.1 Å². The van der Waals surface area contributed by atoms with Gasteiger partial charge in [0.05, 0.1) is 11.8 Å². The zero-order valence-corrected chi connectivity index (χ0v) is 23.8. The molecular formula is C26H30BrN5O4S. The number of amides is 2. The fraction of sp³-hybridized carbons (Fsp3) is 0.385. The zero-order chi connectivity index (χ0) is 26.7. The van der Waals surface area contributed by atoms with Gasteiger partial charge in [-0.05, 0) is 53.8 Å². The Morgan fingerprint density at radius 1 is 1.08 bits per heavy atom. The van der Waals surface area contributed by atoms with Crippen molar-refractivity contribution in [1.82, 2.24) is 20.1 Å². The number of nitrogens with zero attached hydrogens (tertiary/aromatic N) is 3. The highest BCUT2D eigenvalue weighted by Gasteiger charge is 2.26. The summed E-state index contributed by atoms with van der Waals surface area (Å²) in [5.41, 5.74) is 2.33. The lowest BCUT2D eigenvalue weighted by molar-refractivity contribution is -0.113. The minimum Gasteiger partial charge on any atom is -0.454 e. The Balaban J connectivity index is 1.42. The van der Waals surface area contributed by atoms with E-state index in [9.17, 15) is 9.59 Å². The molecule has 2 N–H and O–H groups in total. The molecule has 3 aromatic rings. The molecule has 11 heteroatoms. The van der Waals surface area contributed by atoms with E-state index in [1.165, 1.54) is 11.8 Å². The van der Waals surface area contributed by atoms with Crippen molar-refractivity contribution in [1.29, 1.82) is 0 Å². The largest absolute Gasteiger partial charge is 0.454 e. The number of thioether (sulfide) groups is 1. The molecule has 2 aromatic carbocycles. The maximum Gasteiger partial charge on any atom is 0.252 e. The highest BCUT2D eigenvalue weighted by molar-refractivity contribution is 9.10. The Morgan fingerprint density at radius 3 is 2.57 bits per heavy atom. The van der Waals surface area contributed by atoms with E-state index in [2.05, 4.69) is 50.6 Å². The van der Waals surface area contributed by atoms with Crippen LogP contribution in [-0.2, 0) is 11.8 Å². The first kappa shape index (κ1) is 27.0. The van der Waals surface area contributed by atoms with Crippen molar-refractivity contribution in [3.05, 3.63) is 57.8 Å². The molecular weight excluding hydrogens is 558 g/mol. The summed E-state index contributed by atoms with van der Waals surface area (Å²) in [7, 11) is 1.84. The number of ether oxygens (including phenoxy) is 2. The molecule has 0 radical (unpaired) electrons. The van der Waals surface area contributed by atoms with Gasteiger partial charge in [-0.1, -0.05) is 55.4 Å². The van der Waals surface area contributed by atoms with Crippen LogP contribution < -0.4 is 20.1 Å². The van der Waals surface area contributed by atoms with Crippen molar-refractivity contribution in [2.45, 2.75) is 44.8 Å². The molecule has 0 bridgehead atoms. The van der Waals surface area contributed by atoms with Crippen LogP contribution >= 0.6 is 27.7 Å². The summed E-state index contributed by atoms with van der Waals surface area (Å²) in [5, 5.41) is 15.3. The van der Waals surface area contributed by atoms with Gasteiger partial charge in [0.2, 0.25) is 12.7 Å². The highest BCUT2D eigenvalue weighted by Crippen LogP contribution is 2.33. The second-order valence-electron chi connectivity index (χ2n) is 9.39. The van der Waals surface area contributed by atoms with Crippen LogP contribution in [0.25, 0.3) is 0 Å². The number of halogens is 1. The van der Waals surface area contributed by atoms with Gasteiger partial charge >= 0.3 is 0 Å². The molecule has 0 saturated carbocycles. The lowest BCUT2D eigenvalue weighted by Crippen LogP contribution is -2.33. The number of hydrogen-bond acceptors (Lipinski definition) is 7. The summed E-state index contributed by atoms with van der Waals surface area (Å²) in [6.45, 7) is 8.33. The molecule has 1 aliphatic heterocycles. The van der Waals surface area contributed by atoms with Gasteiger partial charge in [-0.25, -0.2) is 0 Å². The fourth-order valence-corrected chi connectivity index (χ4v) is 5.05. The third-order valence-electron chi connectivity index (χ3n) is 5.98. The third-order valence-corrected chi connectivity index (χ3v) is 7.49. The van der Waals surface area contributed by atoms with E-state index in [1.807, 2.05) is 43.7 Å². The van der Waals surface area contributed by atoms with Gasteiger partial charge in [-0.15, -0.1) is 10.2 Å². The third kappa shape index (κ3) is 6.27. The lowest BCUT2D eigenvalue weighted by Gasteiger charge is -2.21. The monoisotopic (exact) mass is 587 g/mol. The number of fused-ring (bicyclic) bond motifs is 1. The number of aromatic nitrogens is 3. The predicted octanol–water partition coefficient (Wildman–Crippen LogP) is 5.29. The summed E-state index contributed by atoms with van der Waals surface area (Å²) >= 11 is 4.79. The van der Waals surface area contributed by atoms with E-state index in [0.29, 0.717) is 28.0 Å². The molecule has 0 saturated heterocycles. The van der Waals surface area contributed by atoms with E-state index in [1.54, 1.807) is 18.2 Å². The fourth-order valence-electron chi connectivity index (χ4n) is 3.96. The van der Waals surface area contributed by atoms with Crippen molar-refractivity contribution >= 4 is 45.2 Å². The molecule has 1 atom stereocenters. The molecule has 0 fully saturated rings. The summed E-state index contributed by atoms with van der Waals surface area (Å²) in [6.07, 6.45) is 0. The number of benzene rings is 2. The van der Waals surface area contributed by atoms with E-state index >= 15 is 0 Å². The first-order valence-electron chi connectivity index (χ1n) is 12.0. The molecule has 37 heavy (non-hydrogen) atoms. The van der Waals surface area contributed by atoms with Crippen LogP contribution in [-0.4, -0.2) is 39.1 Å². The minimum atomic E-state index is -0.380. The molecule has 1 aliphatic rings. The number of carbonyl (C=O) groups excluding carboxylic acids is 2. The minimum absolute atomic E-state index is 0.0499. The number of carbonyl (C=O) groups is 2. The molecule has 1 aromatic heterocycles. The zero-order valence-electron chi connectivity index (χ0n) is 21.4. The van der Waals surface area contributed by atoms with Crippen molar-refractivity contribution in [2.24, 2.45) is 13.0 Å². The van der Waals surface area contributed by atoms with E-state index in [0.717, 1.165) is 15.7 Å². The number of nitrogens with one attached hydrogen (secondary N) is 2. The molecule has 0 aliphatic carbocycles. The maximum absolute atomic E-state index is 13.0. The lowest BCUT2D eigenvalue weighted by atomic mass is 10.0. The van der Waals surface area contributed by atoms with Gasteiger partial charge < -0.3 is 24.7 Å². The van der Waals surface area contributed by atoms with Gasteiger partial charge in [0, 0.05) is 22.8 Å². The van der Waals surface area contributed by atoms with Crippen molar-refractivity contribution in [3.63, 3.8) is 0 Å². The maximum atomic E-state index is 13.0. The first-order chi connectivity index (χ1) is 17.6. The van der Waals surface area contributed by atoms with Gasteiger partial charge in [0.25, 0.3) is 5.91 Å². The molecule has 2 amide bonds. The number of anilines is 1. The molecule has 2 heterocycles. The van der Waals surface area contributed by atoms with Gasteiger partial charge in [-0.2, -0.15) is 0 Å². The van der Waals surface area contributed by atoms with Gasteiger partial charge in [-0.3, -0.25) is 9.59 Å². The average molecular weight is 589 g/mol. The Morgan fingerprint density at radius 2 is 1.84 bits per heavy atom. The summed E-state index contributed by atoms with van der Waals surface area (Å²) in [6, 6.07) is 10.5. The van der Waals surface area contributed by atoms with Crippen LogP contribution in [0, 0.1) is 5.92 Å². The Kier molecular flexibility index (Phi) is 8.43. The van der Waals surface area contributed by atoms with Crippen molar-refractivity contribution in [3.8, 4) is 11.5 Å². The second-order valence-corrected chi connectivity index (χ2v) is 11.2. The van der Waals surface area contributed by atoms with Crippen LogP contribution in [0.15, 0.2) is 46.0 Å². The van der Waals surface area contributed by atoms with Gasteiger partial charge in [0.15, 0.2) is 22.5 Å². The second kappa shape index (κ2) is 11.6. The standard InChI is InChI=1S/C26H30BrN5O4S/c1-14(2)18-11-17(27)7-8-19(18)28-22(33)12-37-26-31-30-24(32(26)5)23(15(3)4)29-25(34)16-6-9-20-21(10-16)36-13-35-20/h6-11,14-15,23H,12-13H2,1-5H3,(H,28,33)(H,29,34). The van der Waals surface area contributed by atoms with Crippen LogP contribution in [0.4, 0.5) is 5.69 Å². The molecule has 4 rings (SSSR count). The number of hydrogen-bond donors (Lipinski definition) is 2. The predicted molar refractivity (Wildman–Crippen MR) is 146 cm³/mol. The smallest absolute Gasteiger partial charge is 0.252 e. The number of rotatable bonds is 9.